The van der Waals surface area contributed by atoms with E-state index in [1.54, 1.807) is 6.07 Å². The number of rotatable bonds is 5. The fourth-order valence-corrected chi connectivity index (χ4v) is 1.73. The van der Waals surface area contributed by atoms with E-state index in [9.17, 15) is 4.79 Å². The van der Waals surface area contributed by atoms with E-state index in [0.717, 1.165) is 22.6 Å². The summed E-state index contributed by atoms with van der Waals surface area (Å²) in [6.45, 7) is 3.19. The van der Waals surface area contributed by atoms with Crippen LogP contribution >= 0.6 is 15.9 Å². The smallest absolute Gasteiger partial charge is 0.239 e. The highest BCUT2D eigenvalue weighted by atomic mass is 79.9. The van der Waals surface area contributed by atoms with E-state index in [0.29, 0.717) is 12.4 Å². The summed E-state index contributed by atoms with van der Waals surface area (Å²) in [5.41, 5.74) is 0.869. The molecule has 0 saturated heterocycles. The van der Waals surface area contributed by atoms with Crippen LogP contribution < -0.4 is 10.6 Å². The van der Waals surface area contributed by atoms with Crippen molar-refractivity contribution >= 4 is 27.7 Å². The van der Waals surface area contributed by atoms with Crippen LogP contribution in [0.15, 0.2) is 16.6 Å². The second-order valence-electron chi connectivity index (χ2n) is 4.39. The van der Waals surface area contributed by atoms with E-state index >= 15 is 0 Å². The van der Waals surface area contributed by atoms with Crippen LogP contribution in [0.25, 0.3) is 0 Å². The van der Waals surface area contributed by atoms with Gasteiger partial charge in [0.15, 0.2) is 0 Å². The van der Waals surface area contributed by atoms with Gasteiger partial charge in [0.25, 0.3) is 0 Å². The summed E-state index contributed by atoms with van der Waals surface area (Å²) in [7, 11) is 0. The number of pyridine rings is 1. The molecule has 92 valence electrons. The van der Waals surface area contributed by atoms with Crippen molar-refractivity contribution in [2.45, 2.75) is 19.8 Å². The maximum Gasteiger partial charge on any atom is 0.239 e. The van der Waals surface area contributed by atoms with Crippen LogP contribution in [0.1, 0.15) is 18.5 Å². The molecule has 1 aliphatic carbocycles. The minimum atomic E-state index is -0.0418. The molecule has 1 saturated carbocycles. The van der Waals surface area contributed by atoms with Gasteiger partial charge in [-0.3, -0.25) is 4.79 Å². The van der Waals surface area contributed by atoms with E-state index in [4.69, 9.17) is 0 Å². The second kappa shape index (κ2) is 5.60. The highest BCUT2D eigenvalue weighted by Gasteiger charge is 2.20. The predicted octanol–water partition coefficient (Wildman–Crippen LogP) is 2.09. The van der Waals surface area contributed by atoms with E-state index in [1.807, 2.05) is 13.0 Å². The SMILES string of the molecule is Cc1nc(NC(=O)CNCC2CC2)ccc1Br. The van der Waals surface area contributed by atoms with E-state index < -0.39 is 0 Å². The first-order chi connectivity index (χ1) is 8.15. The van der Waals surface area contributed by atoms with Gasteiger partial charge in [-0.1, -0.05) is 0 Å². The summed E-state index contributed by atoms with van der Waals surface area (Å²) in [5.74, 6) is 1.35. The van der Waals surface area contributed by atoms with Gasteiger partial charge >= 0.3 is 0 Å². The van der Waals surface area contributed by atoms with Crippen LogP contribution in [0, 0.1) is 12.8 Å². The molecule has 0 bridgehead atoms. The minimum absolute atomic E-state index is 0.0418. The Labute approximate surface area is 109 Å². The molecule has 2 rings (SSSR count). The fourth-order valence-electron chi connectivity index (χ4n) is 1.51. The molecule has 1 aliphatic rings. The monoisotopic (exact) mass is 297 g/mol. The van der Waals surface area contributed by atoms with E-state index in [2.05, 4.69) is 31.5 Å². The van der Waals surface area contributed by atoms with Gasteiger partial charge in [-0.05, 0) is 60.3 Å². The van der Waals surface area contributed by atoms with Crippen molar-refractivity contribution in [2.24, 2.45) is 5.92 Å². The number of carbonyl (C=O) groups excluding carboxylic acids is 1. The third-order valence-corrected chi connectivity index (χ3v) is 3.54. The molecule has 5 heteroatoms. The van der Waals surface area contributed by atoms with Crippen LogP contribution in [-0.4, -0.2) is 24.0 Å². The second-order valence-corrected chi connectivity index (χ2v) is 5.24. The lowest BCUT2D eigenvalue weighted by Gasteiger charge is -2.06. The Morgan fingerprint density at radius 3 is 2.94 bits per heavy atom. The molecule has 0 spiro atoms. The van der Waals surface area contributed by atoms with Crippen LogP contribution in [-0.2, 0) is 4.79 Å². The van der Waals surface area contributed by atoms with Gasteiger partial charge in [0.2, 0.25) is 5.91 Å². The highest BCUT2D eigenvalue weighted by Crippen LogP contribution is 2.27. The summed E-state index contributed by atoms with van der Waals surface area (Å²) in [6, 6.07) is 3.67. The summed E-state index contributed by atoms with van der Waals surface area (Å²) >= 11 is 3.37. The Bertz CT molecular complexity index is 418. The number of nitrogens with zero attached hydrogens (tertiary/aromatic N) is 1. The molecule has 0 aliphatic heterocycles. The number of aryl methyl sites for hydroxylation is 1. The van der Waals surface area contributed by atoms with Crippen molar-refractivity contribution in [2.75, 3.05) is 18.4 Å². The molecule has 1 aromatic heterocycles. The summed E-state index contributed by atoms with van der Waals surface area (Å²) < 4.78 is 0.947. The Kier molecular flexibility index (Phi) is 4.12. The van der Waals surface area contributed by atoms with Crippen molar-refractivity contribution in [1.29, 1.82) is 0 Å². The van der Waals surface area contributed by atoms with Gasteiger partial charge in [-0.2, -0.15) is 0 Å². The van der Waals surface area contributed by atoms with E-state index in [-0.39, 0.29) is 5.91 Å². The summed E-state index contributed by atoms with van der Waals surface area (Å²) in [4.78, 5) is 15.8. The number of hydrogen-bond donors (Lipinski definition) is 2. The van der Waals surface area contributed by atoms with Gasteiger partial charge in [0.05, 0.1) is 12.2 Å². The molecule has 1 heterocycles. The number of carbonyl (C=O) groups is 1. The predicted molar refractivity (Wildman–Crippen MR) is 70.9 cm³/mol. The van der Waals surface area contributed by atoms with Crippen LogP contribution in [0.4, 0.5) is 5.82 Å². The Hall–Kier alpha value is -0.940. The van der Waals surface area contributed by atoms with E-state index in [1.165, 1.54) is 12.8 Å². The number of hydrogen-bond acceptors (Lipinski definition) is 3. The number of anilines is 1. The van der Waals surface area contributed by atoms with Crippen molar-refractivity contribution in [3.8, 4) is 0 Å². The normalized spacial score (nSPS) is 14.7. The Balaban J connectivity index is 1.77. The Morgan fingerprint density at radius 1 is 1.53 bits per heavy atom. The number of nitrogens with one attached hydrogen (secondary N) is 2. The highest BCUT2D eigenvalue weighted by molar-refractivity contribution is 9.10. The number of aromatic nitrogens is 1. The van der Waals surface area contributed by atoms with Gasteiger partial charge in [-0.25, -0.2) is 4.98 Å². The van der Waals surface area contributed by atoms with Gasteiger partial charge in [0.1, 0.15) is 5.82 Å². The molecule has 1 fully saturated rings. The quantitative estimate of drug-likeness (QED) is 0.875. The Morgan fingerprint density at radius 2 is 2.29 bits per heavy atom. The standard InChI is InChI=1S/C12H16BrN3O/c1-8-10(13)4-5-11(15-8)16-12(17)7-14-6-9-2-3-9/h4-5,9,14H,2-3,6-7H2,1H3,(H,15,16,17). The zero-order chi connectivity index (χ0) is 12.3. The maximum atomic E-state index is 11.6. The average Bonchev–Trinajstić information content (AvgIpc) is 3.07. The zero-order valence-electron chi connectivity index (χ0n) is 9.79. The van der Waals surface area contributed by atoms with Crippen molar-refractivity contribution < 1.29 is 4.79 Å². The molecular formula is C12H16BrN3O. The van der Waals surface area contributed by atoms with Crippen molar-refractivity contribution in [3.05, 3.63) is 22.3 Å². The molecular weight excluding hydrogens is 282 g/mol. The molecule has 1 amide bonds. The van der Waals surface area contributed by atoms with Crippen LogP contribution in [0.2, 0.25) is 0 Å². The molecule has 2 N–H and O–H groups in total. The first-order valence-corrected chi connectivity index (χ1v) is 6.58. The molecule has 0 aromatic carbocycles. The molecule has 17 heavy (non-hydrogen) atoms. The lowest BCUT2D eigenvalue weighted by atomic mass is 10.3. The van der Waals surface area contributed by atoms with Gasteiger partial charge in [-0.15, -0.1) is 0 Å². The molecule has 0 radical (unpaired) electrons. The first-order valence-electron chi connectivity index (χ1n) is 5.79. The van der Waals surface area contributed by atoms with Crippen molar-refractivity contribution in [1.82, 2.24) is 10.3 Å². The largest absolute Gasteiger partial charge is 0.310 e. The zero-order valence-corrected chi connectivity index (χ0v) is 11.4. The lowest BCUT2D eigenvalue weighted by Crippen LogP contribution is -2.29. The topological polar surface area (TPSA) is 54.0 Å². The molecule has 1 aromatic rings. The maximum absolute atomic E-state index is 11.6. The lowest BCUT2D eigenvalue weighted by molar-refractivity contribution is -0.115. The first kappa shape index (κ1) is 12.5. The van der Waals surface area contributed by atoms with Crippen LogP contribution in [0.3, 0.4) is 0 Å². The summed E-state index contributed by atoms with van der Waals surface area (Å²) in [5, 5.41) is 5.91. The third-order valence-electron chi connectivity index (χ3n) is 2.70. The molecule has 4 nitrogen and oxygen atoms in total. The fraction of sp³-hybridized carbons (Fsp3) is 0.500. The molecule has 0 unspecified atom stereocenters. The summed E-state index contributed by atoms with van der Waals surface area (Å²) in [6.07, 6.45) is 2.59. The average molecular weight is 298 g/mol. The minimum Gasteiger partial charge on any atom is -0.310 e. The van der Waals surface area contributed by atoms with Gasteiger partial charge < -0.3 is 10.6 Å². The van der Waals surface area contributed by atoms with Crippen LogP contribution in [0.5, 0.6) is 0 Å². The third kappa shape index (κ3) is 4.09. The molecule has 0 atom stereocenters. The number of halogens is 1. The number of amides is 1. The van der Waals surface area contributed by atoms with Gasteiger partial charge in [0, 0.05) is 4.47 Å². The van der Waals surface area contributed by atoms with Crippen molar-refractivity contribution in [3.63, 3.8) is 0 Å².